The van der Waals surface area contributed by atoms with E-state index < -0.39 is 31.8 Å². The van der Waals surface area contributed by atoms with Gasteiger partial charge in [-0.3, -0.25) is 14.4 Å². The predicted molar refractivity (Wildman–Crippen MR) is 225 cm³/mol. The number of aliphatic hydroxyl groups is 2. The van der Waals surface area contributed by atoms with Gasteiger partial charge in [0.1, 0.15) is 11.9 Å². The molecular formula is C45H59N3O7Si. The number of methoxy groups -OCH3 is 1. The minimum absolute atomic E-state index is 0.0145. The second-order valence-corrected chi connectivity index (χ2v) is 20.8. The molecule has 3 aromatic carbocycles. The first kappa shape index (κ1) is 42.6. The van der Waals surface area contributed by atoms with Crippen molar-refractivity contribution in [3.63, 3.8) is 0 Å². The highest BCUT2D eigenvalue weighted by molar-refractivity contribution is 6.91. The Morgan fingerprint density at radius 1 is 1.05 bits per heavy atom. The van der Waals surface area contributed by atoms with E-state index in [4.69, 9.17) is 9.47 Å². The van der Waals surface area contributed by atoms with Gasteiger partial charge < -0.3 is 34.8 Å². The Morgan fingerprint density at radius 3 is 2.38 bits per heavy atom. The number of aliphatic hydroxyl groups excluding tert-OH is 2. The van der Waals surface area contributed by atoms with Crippen LogP contribution in [0.15, 0.2) is 96.1 Å². The van der Waals surface area contributed by atoms with Crippen molar-refractivity contribution >= 4 is 42.4 Å². The molecule has 0 radical (unpaired) electrons. The molecule has 2 aliphatic heterocycles. The minimum atomic E-state index is -2.58. The number of hydrogen-bond donors (Lipinski definition) is 3. The van der Waals surface area contributed by atoms with Crippen LogP contribution < -0.4 is 20.1 Å². The van der Waals surface area contributed by atoms with Gasteiger partial charge in [-0.15, -0.1) is 0 Å². The Balaban J connectivity index is 1.61. The highest BCUT2D eigenvalue weighted by Gasteiger charge is 2.66. The van der Waals surface area contributed by atoms with Crippen LogP contribution in [0.2, 0.25) is 18.6 Å². The molecule has 0 aromatic heterocycles. The first-order valence-electron chi connectivity index (χ1n) is 19.6. The zero-order valence-electron chi connectivity index (χ0n) is 34.2. The summed E-state index contributed by atoms with van der Waals surface area (Å²) in [7, 11) is -0.941. The molecule has 10 nitrogen and oxygen atoms in total. The lowest BCUT2D eigenvalue weighted by Crippen LogP contribution is -2.52. The monoisotopic (exact) mass is 781 g/mol. The molecular weight excluding hydrogens is 723 g/mol. The van der Waals surface area contributed by atoms with Crippen molar-refractivity contribution in [3.05, 3.63) is 107 Å². The summed E-state index contributed by atoms with van der Waals surface area (Å²) in [6, 6.07) is 23.1. The summed E-state index contributed by atoms with van der Waals surface area (Å²) < 4.78 is 12.7. The summed E-state index contributed by atoms with van der Waals surface area (Å²) in [4.78, 5) is 45.8. The Kier molecular flexibility index (Phi) is 13.8. The second-order valence-electron chi connectivity index (χ2n) is 16.1. The van der Waals surface area contributed by atoms with Crippen LogP contribution in [-0.4, -0.2) is 79.9 Å². The lowest BCUT2D eigenvalue weighted by Gasteiger charge is -2.37. The molecule has 1 spiro atoms. The molecule has 2 heterocycles. The molecule has 1 fully saturated rings. The Labute approximate surface area is 333 Å². The maximum absolute atomic E-state index is 15.3. The molecule has 0 saturated carbocycles. The highest BCUT2D eigenvalue weighted by Crippen LogP contribution is 2.60. The number of amides is 3. The van der Waals surface area contributed by atoms with Gasteiger partial charge in [0.05, 0.1) is 40.0 Å². The fraction of sp³-hybridized carbons (Fsp3) is 0.444. The molecule has 3 amide bonds. The highest BCUT2D eigenvalue weighted by atomic mass is 28.3. The summed E-state index contributed by atoms with van der Waals surface area (Å²) in [5, 5.41) is 24.0. The number of hydrogen-bond acceptors (Lipinski definition) is 7. The average molecular weight is 782 g/mol. The number of anilines is 2. The smallest absolute Gasteiger partial charge is 0.264 e. The van der Waals surface area contributed by atoms with E-state index in [0.29, 0.717) is 30.0 Å². The lowest BCUT2D eigenvalue weighted by molar-refractivity contribution is -0.149. The van der Waals surface area contributed by atoms with Crippen LogP contribution >= 0.6 is 0 Å². The molecule has 3 N–H and O–H groups in total. The van der Waals surface area contributed by atoms with E-state index in [1.807, 2.05) is 48.5 Å². The summed E-state index contributed by atoms with van der Waals surface area (Å²) in [5.74, 6) is -0.580. The van der Waals surface area contributed by atoms with Crippen molar-refractivity contribution in [2.75, 3.05) is 37.0 Å². The molecule has 11 heteroatoms. The SMILES string of the molecule is COc1ccc([Si](C)(C)[C@H]2[C@H](CC(=O)N(CCO)Cc3ccccc3)O[C@@]3(C(=O)N(C/C=C(\C)CCC=C(C)C)c4ccc(NC(=O)[C@H](C)O)cc43)[C@@H]2C)cc1. The fourth-order valence-electron chi connectivity index (χ4n) is 8.47. The van der Waals surface area contributed by atoms with E-state index in [-0.39, 0.29) is 42.8 Å². The average Bonchev–Trinajstić information content (AvgIpc) is 3.59. The number of benzene rings is 3. The number of carbonyl (C=O) groups is 3. The fourth-order valence-corrected chi connectivity index (χ4v) is 12.5. The second kappa shape index (κ2) is 18.1. The van der Waals surface area contributed by atoms with Crippen molar-refractivity contribution < 1.29 is 34.1 Å². The van der Waals surface area contributed by atoms with Crippen molar-refractivity contribution in [1.82, 2.24) is 4.90 Å². The Bertz CT molecular complexity index is 1920. The number of nitrogens with zero attached hydrogens (tertiary/aromatic N) is 2. The van der Waals surface area contributed by atoms with Gasteiger partial charge in [-0.1, -0.05) is 91.0 Å². The van der Waals surface area contributed by atoms with Crippen LogP contribution in [0.5, 0.6) is 5.75 Å². The van der Waals surface area contributed by atoms with Crippen LogP contribution in [0.25, 0.3) is 0 Å². The van der Waals surface area contributed by atoms with Gasteiger partial charge in [0.2, 0.25) is 5.91 Å². The zero-order valence-corrected chi connectivity index (χ0v) is 35.2. The summed E-state index contributed by atoms with van der Waals surface area (Å²) in [6.45, 7) is 14.9. The Morgan fingerprint density at radius 2 is 1.75 bits per heavy atom. The summed E-state index contributed by atoms with van der Waals surface area (Å²) in [5.41, 5.74) is 3.46. The van der Waals surface area contributed by atoms with Crippen LogP contribution in [0.4, 0.5) is 11.4 Å². The number of ether oxygens (including phenoxy) is 2. The third-order valence-electron chi connectivity index (χ3n) is 11.5. The van der Waals surface area contributed by atoms with Gasteiger partial charge in [-0.2, -0.15) is 0 Å². The third-order valence-corrected chi connectivity index (χ3v) is 15.9. The molecule has 0 unspecified atom stereocenters. The molecule has 56 heavy (non-hydrogen) atoms. The van der Waals surface area contributed by atoms with E-state index in [1.165, 1.54) is 12.5 Å². The minimum Gasteiger partial charge on any atom is -0.497 e. The molecule has 0 aliphatic carbocycles. The largest absolute Gasteiger partial charge is 0.497 e. The molecule has 0 bridgehead atoms. The van der Waals surface area contributed by atoms with Crippen molar-refractivity contribution in [1.29, 1.82) is 0 Å². The summed E-state index contributed by atoms with van der Waals surface area (Å²) >= 11 is 0. The topological polar surface area (TPSA) is 129 Å². The van der Waals surface area contributed by atoms with Gasteiger partial charge in [0.25, 0.3) is 11.8 Å². The van der Waals surface area contributed by atoms with Gasteiger partial charge in [-0.25, -0.2) is 0 Å². The maximum Gasteiger partial charge on any atom is 0.264 e. The quantitative estimate of drug-likeness (QED) is 0.109. The van der Waals surface area contributed by atoms with Gasteiger partial charge in [0, 0.05) is 36.8 Å². The van der Waals surface area contributed by atoms with Crippen LogP contribution in [0.1, 0.15) is 65.0 Å². The Hall–Kier alpha value is -4.55. The molecule has 3 aromatic rings. The molecule has 1 saturated heterocycles. The molecule has 5 atom stereocenters. The van der Waals surface area contributed by atoms with Crippen molar-refractivity contribution in [2.24, 2.45) is 5.92 Å². The van der Waals surface area contributed by atoms with Gasteiger partial charge in [-0.05, 0) is 82.0 Å². The number of carbonyl (C=O) groups excluding carboxylic acids is 3. The molecule has 300 valence electrons. The lowest BCUT2D eigenvalue weighted by atomic mass is 9.82. The predicted octanol–water partition coefficient (Wildman–Crippen LogP) is 6.68. The first-order chi connectivity index (χ1) is 26.6. The van der Waals surface area contributed by atoms with Gasteiger partial charge in [0.15, 0.2) is 5.60 Å². The van der Waals surface area contributed by atoms with Crippen LogP contribution in [0.3, 0.4) is 0 Å². The van der Waals surface area contributed by atoms with E-state index in [9.17, 15) is 19.8 Å². The molecule has 5 rings (SSSR count). The van der Waals surface area contributed by atoms with E-state index in [1.54, 1.807) is 29.0 Å². The van der Waals surface area contributed by atoms with Crippen LogP contribution in [-0.2, 0) is 31.3 Å². The number of allylic oxidation sites excluding steroid dienone is 3. The van der Waals surface area contributed by atoms with E-state index in [0.717, 1.165) is 34.9 Å². The van der Waals surface area contributed by atoms with Crippen molar-refractivity contribution in [3.8, 4) is 5.75 Å². The standard InChI is InChI=1S/C45H59N3O7Si/c1-30(2)13-12-14-31(3)23-24-48-39-22-17-35(46-43(52)33(5)50)27-38(39)45(44(48)53)32(4)42(56(7,8)37-20-18-36(54-6)19-21-37)40(55-45)28-41(51)47(25-26-49)29-34-15-10-9-11-16-34/h9-11,13,15-23,27,32-33,40,42,49-50H,12,14,24-26,28-29H2,1-8H3,(H,46,52)/b31-23+/t32-,33+,40+,42-,45+/m1/s1. The molecule has 2 aliphatic rings. The first-order valence-corrected chi connectivity index (χ1v) is 22.7. The number of nitrogens with one attached hydrogen (secondary N) is 1. The van der Waals surface area contributed by atoms with E-state index >= 15 is 4.79 Å². The normalized spacial score (nSPS) is 21.2. The van der Waals surface area contributed by atoms with E-state index in [2.05, 4.69) is 70.4 Å². The van der Waals surface area contributed by atoms with Crippen molar-refractivity contribution in [2.45, 2.75) is 96.9 Å². The van der Waals surface area contributed by atoms with Gasteiger partial charge >= 0.3 is 0 Å². The summed E-state index contributed by atoms with van der Waals surface area (Å²) in [6.07, 6.45) is 4.21. The maximum atomic E-state index is 15.3. The number of rotatable bonds is 16. The van der Waals surface area contributed by atoms with Crippen LogP contribution in [0, 0.1) is 5.92 Å². The zero-order chi connectivity index (χ0) is 40.8. The third kappa shape index (κ3) is 9.02. The number of fused-ring (bicyclic) bond motifs is 2.